The molecule has 5 nitrogen and oxygen atoms in total. The lowest BCUT2D eigenvalue weighted by atomic mass is 10.2. The zero-order valence-electron chi connectivity index (χ0n) is 11.0. The summed E-state index contributed by atoms with van der Waals surface area (Å²) in [5, 5.41) is 0. The molecule has 2 rings (SSSR count). The van der Waals surface area contributed by atoms with Crippen molar-refractivity contribution in [2.24, 2.45) is 0 Å². The average molecular weight is 237 g/mol. The summed E-state index contributed by atoms with van der Waals surface area (Å²) < 4.78 is 0. The Bertz CT molecular complexity index is 369. The van der Waals surface area contributed by atoms with Crippen molar-refractivity contribution in [2.75, 3.05) is 36.8 Å². The molecule has 0 saturated carbocycles. The Balaban J connectivity index is 2.05. The van der Waals surface area contributed by atoms with Crippen LogP contribution in [0.25, 0.3) is 0 Å². The van der Waals surface area contributed by atoms with Crippen molar-refractivity contribution in [2.45, 2.75) is 33.2 Å². The number of nitrogens with zero attached hydrogens (tertiary/aromatic N) is 3. The standard InChI is InChI=1S/C12H23N5/c1-4-16(5-2)10-6-7-17(8-10)12-11(13)14-9(3)15-12/h10H,4-8,13H2,1-3H3,(H,14,15). The highest BCUT2D eigenvalue weighted by Gasteiger charge is 2.28. The molecule has 1 atom stereocenters. The predicted molar refractivity (Wildman–Crippen MR) is 71.3 cm³/mol. The van der Waals surface area contributed by atoms with E-state index in [1.54, 1.807) is 0 Å². The van der Waals surface area contributed by atoms with Crippen LogP contribution in [0, 0.1) is 6.92 Å². The lowest BCUT2D eigenvalue weighted by molar-refractivity contribution is 0.232. The molecule has 0 spiro atoms. The molecule has 17 heavy (non-hydrogen) atoms. The molecule has 96 valence electrons. The third kappa shape index (κ3) is 2.39. The molecule has 1 aromatic rings. The molecule has 0 aliphatic carbocycles. The Morgan fingerprint density at radius 2 is 2.18 bits per heavy atom. The van der Waals surface area contributed by atoms with E-state index in [1.165, 1.54) is 6.42 Å². The van der Waals surface area contributed by atoms with E-state index in [4.69, 9.17) is 5.73 Å². The number of nitrogens with one attached hydrogen (secondary N) is 1. The van der Waals surface area contributed by atoms with Crippen molar-refractivity contribution in [3.8, 4) is 0 Å². The quantitative estimate of drug-likeness (QED) is 0.826. The number of likely N-dealkylation sites (N-methyl/N-ethyl adjacent to an activating group) is 1. The van der Waals surface area contributed by atoms with Crippen molar-refractivity contribution in [1.82, 2.24) is 14.9 Å². The monoisotopic (exact) mass is 237 g/mol. The van der Waals surface area contributed by atoms with Gasteiger partial charge in [-0.2, -0.15) is 0 Å². The first kappa shape index (κ1) is 12.2. The molecule has 1 aliphatic rings. The summed E-state index contributed by atoms with van der Waals surface area (Å²) in [7, 11) is 0. The maximum absolute atomic E-state index is 5.93. The van der Waals surface area contributed by atoms with Crippen molar-refractivity contribution >= 4 is 11.6 Å². The Kier molecular flexibility index (Phi) is 3.57. The summed E-state index contributed by atoms with van der Waals surface area (Å²) in [6.07, 6.45) is 1.20. The zero-order valence-corrected chi connectivity index (χ0v) is 11.0. The van der Waals surface area contributed by atoms with E-state index >= 15 is 0 Å². The van der Waals surface area contributed by atoms with Gasteiger partial charge in [0.25, 0.3) is 0 Å². The van der Waals surface area contributed by atoms with Gasteiger partial charge in [-0.15, -0.1) is 0 Å². The summed E-state index contributed by atoms with van der Waals surface area (Å²) >= 11 is 0. The summed E-state index contributed by atoms with van der Waals surface area (Å²) in [6.45, 7) is 10.7. The Hall–Kier alpha value is -1.23. The number of anilines is 2. The van der Waals surface area contributed by atoms with E-state index in [-0.39, 0.29) is 0 Å². The number of hydrogen-bond donors (Lipinski definition) is 2. The molecular formula is C12H23N5. The highest BCUT2D eigenvalue weighted by atomic mass is 15.3. The van der Waals surface area contributed by atoms with Crippen molar-refractivity contribution < 1.29 is 0 Å². The van der Waals surface area contributed by atoms with Gasteiger partial charge in [-0.1, -0.05) is 13.8 Å². The van der Waals surface area contributed by atoms with Crippen LogP contribution in [-0.4, -0.2) is 47.1 Å². The fourth-order valence-corrected chi connectivity index (χ4v) is 2.71. The minimum absolute atomic E-state index is 0.640. The summed E-state index contributed by atoms with van der Waals surface area (Å²) in [4.78, 5) is 12.3. The van der Waals surface area contributed by atoms with Crippen LogP contribution in [0.5, 0.6) is 0 Å². The Morgan fingerprint density at radius 3 is 2.71 bits per heavy atom. The number of aryl methyl sites for hydroxylation is 1. The zero-order chi connectivity index (χ0) is 12.4. The number of nitrogens with two attached hydrogens (primary N) is 1. The largest absolute Gasteiger partial charge is 0.382 e. The Morgan fingerprint density at radius 1 is 1.47 bits per heavy atom. The first-order valence-corrected chi connectivity index (χ1v) is 6.46. The van der Waals surface area contributed by atoms with Gasteiger partial charge in [0.15, 0.2) is 5.82 Å². The second kappa shape index (κ2) is 4.96. The number of H-pyrrole nitrogens is 1. The summed E-state index contributed by atoms with van der Waals surface area (Å²) in [5.74, 6) is 2.52. The van der Waals surface area contributed by atoms with Crippen molar-refractivity contribution in [3.63, 3.8) is 0 Å². The van der Waals surface area contributed by atoms with E-state index in [0.717, 1.165) is 37.8 Å². The maximum Gasteiger partial charge on any atom is 0.171 e. The van der Waals surface area contributed by atoms with Crippen LogP contribution in [0.15, 0.2) is 0 Å². The molecule has 3 N–H and O–H groups in total. The molecule has 5 heteroatoms. The van der Waals surface area contributed by atoms with E-state index in [2.05, 4.69) is 33.6 Å². The van der Waals surface area contributed by atoms with Gasteiger partial charge in [0.1, 0.15) is 11.6 Å². The van der Waals surface area contributed by atoms with E-state index in [0.29, 0.717) is 11.9 Å². The maximum atomic E-state index is 5.93. The number of imidazole rings is 1. The van der Waals surface area contributed by atoms with Crippen LogP contribution in [0.3, 0.4) is 0 Å². The number of aromatic nitrogens is 2. The summed E-state index contributed by atoms with van der Waals surface area (Å²) in [6, 6.07) is 0.640. The van der Waals surface area contributed by atoms with Gasteiger partial charge >= 0.3 is 0 Å². The van der Waals surface area contributed by atoms with Gasteiger partial charge < -0.3 is 15.6 Å². The SMILES string of the molecule is CCN(CC)C1CCN(c2nc(C)[nH]c2N)C1. The minimum atomic E-state index is 0.640. The number of nitrogen functional groups attached to an aromatic ring is 1. The van der Waals surface area contributed by atoms with Gasteiger partial charge in [0, 0.05) is 19.1 Å². The smallest absolute Gasteiger partial charge is 0.171 e. The first-order chi connectivity index (χ1) is 8.15. The third-order valence-electron chi connectivity index (χ3n) is 3.62. The van der Waals surface area contributed by atoms with E-state index < -0.39 is 0 Å². The lowest BCUT2D eigenvalue weighted by Crippen LogP contribution is -2.37. The third-order valence-corrected chi connectivity index (χ3v) is 3.62. The van der Waals surface area contributed by atoms with Gasteiger partial charge in [-0.05, 0) is 26.4 Å². The topological polar surface area (TPSA) is 61.2 Å². The van der Waals surface area contributed by atoms with E-state index in [1.807, 2.05) is 6.92 Å². The first-order valence-electron chi connectivity index (χ1n) is 6.46. The fraction of sp³-hybridized carbons (Fsp3) is 0.750. The van der Waals surface area contributed by atoms with Crippen molar-refractivity contribution in [3.05, 3.63) is 5.82 Å². The summed E-state index contributed by atoms with van der Waals surface area (Å²) in [5.41, 5.74) is 5.93. The van der Waals surface area contributed by atoms with Gasteiger partial charge in [0.2, 0.25) is 0 Å². The molecular weight excluding hydrogens is 214 g/mol. The number of hydrogen-bond acceptors (Lipinski definition) is 4. The minimum Gasteiger partial charge on any atom is -0.382 e. The molecule has 0 bridgehead atoms. The normalized spacial score (nSPS) is 20.5. The molecule has 1 aromatic heterocycles. The molecule has 1 unspecified atom stereocenters. The van der Waals surface area contributed by atoms with Gasteiger partial charge in [-0.25, -0.2) is 4.98 Å². The molecule has 1 aliphatic heterocycles. The second-order valence-corrected chi connectivity index (χ2v) is 4.67. The van der Waals surface area contributed by atoms with Crippen LogP contribution in [0.1, 0.15) is 26.1 Å². The van der Waals surface area contributed by atoms with Crippen LogP contribution in [0.2, 0.25) is 0 Å². The van der Waals surface area contributed by atoms with Crippen LogP contribution < -0.4 is 10.6 Å². The predicted octanol–water partition coefficient (Wildman–Crippen LogP) is 1.22. The highest BCUT2D eigenvalue weighted by molar-refractivity contribution is 5.59. The van der Waals surface area contributed by atoms with Gasteiger partial charge in [-0.3, -0.25) is 4.90 Å². The molecule has 0 radical (unpaired) electrons. The van der Waals surface area contributed by atoms with Crippen LogP contribution >= 0.6 is 0 Å². The molecule has 1 fully saturated rings. The van der Waals surface area contributed by atoms with E-state index in [9.17, 15) is 0 Å². The Labute approximate surface area is 103 Å². The molecule has 1 saturated heterocycles. The van der Waals surface area contributed by atoms with Crippen LogP contribution in [-0.2, 0) is 0 Å². The van der Waals surface area contributed by atoms with Crippen molar-refractivity contribution in [1.29, 1.82) is 0 Å². The van der Waals surface area contributed by atoms with Gasteiger partial charge in [0.05, 0.1) is 0 Å². The average Bonchev–Trinajstić information content (AvgIpc) is 2.87. The second-order valence-electron chi connectivity index (χ2n) is 4.67. The number of aromatic amines is 1. The molecule has 0 aromatic carbocycles. The number of rotatable bonds is 4. The fourth-order valence-electron chi connectivity index (χ4n) is 2.71. The van der Waals surface area contributed by atoms with Crippen LogP contribution in [0.4, 0.5) is 11.6 Å². The highest BCUT2D eigenvalue weighted by Crippen LogP contribution is 2.25. The lowest BCUT2D eigenvalue weighted by Gasteiger charge is -2.26. The molecule has 0 amide bonds. The molecule has 2 heterocycles.